The monoisotopic (exact) mass is 386 g/mol. The van der Waals surface area contributed by atoms with Gasteiger partial charge in [-0.25, -0.2) is 9.80 Å². The Morgan fingerprint density at radius 3 is 2.59 bits per heavy atom. The molecule has 0 radical (unpaired) electrons. The molecule has 2 aromatic rings. The van der Waals surface area contributed by atoms with Crippen molar-refractivity contribution in [2.75, 3.05) is 5.01 Å². The van der Waals surface area contributed by atoms with Gasteiger partial charge in [0.2, 0.25) is 0 Å². The van der Waals surface area contributed by atoms with E-state index in [1.54, 1.807) is 30.3 Å². The van der Waals surface area contributed by atoms with Gasteiger partial charge in [0.05, 0.1) is 5.69 Å². The molecule has 27 heavy (non-hydrogen) atoms. The van der Waals surface area contributed by atoms with Crippen LogP contribution in [0.4, 0.5) is 5.69 Å². The van der Waals surface area contributed by atoms with E-state index in [4.69, 9.17) is 21.4 Å². The number of aliphatic carboxylic acids is 1. The molecule has 138 valence electrons. The van der Waals surface area contributed by atoms with Gasteiger partial charge in [-0.3, -0.25) is 15.0 Å². The molecule has 1 saturated heterocycles. The Hall–Kier alpha value is -3.32. The summed E-state index contributed by atoms with van der Waals surface area (Å²) in [5.41, 5.74) is 3.21. The molecule has 0 aliphatic carbocycles. The summed E-state index contributed by atoms with van der Waals surface area (Å²) in [7, 11) is 0. The van der Waals surface area contributed by atoms with Crippen LogP contribution in [-0.4, -0.2) is 29.0 Å². The molecule has 1 heterocycles. The first-order valence-corrected chi connectivity index (χ1v) is 8.36. The zero-order valence-electron chi connectivity index (χ0n) is 14.2. The number of halogens is 1. The molecule has 8 heteroatoms. The molecule has 0 unspecified atom stereocenters. The number of hydrazine groups is 1. The minimum absolute atomic E-state index is 0.117. The lowest BCUT2D eigenvalue weighted by Crippen LogP contribution is -2.35. The molecule has 1 aliphatic rings. The fourth-order valence-electron chi connectivity index (χ4n) is 2.45. The van der Waals surface area contributed by atoms with E-state index in [0.29, 0.717) is 16.3 Å². The number of hydrogen-bond acceptors (Lipinski definition) is 4. The summed E-state index contributed by atoms with van der Waals surface area (Å²) >= 11 is 6.00. The maximum absolute atomic E-state index is 12.7. The van der Waals surface area contributed by atoms with Gasteiger partial charge in [0.1, 0.15) is 11.3 Å². The van der Waals surface area contributed by atoms with Gasteiger partial charge in [-0.1, -0.05) is 29.8 Å². The number of carbonyl (C=O) groups excluding carboxylic acids is 2. The van der Waals surface area contributed by atoms with Crippen LogP contribution < -0.4 is 15.2 Å². The molecule has 0 spiro atoms. The van der Waals surface area contributed by atoms with E-state index in [2.05, 4.69) is 5.43 Å². The van der Waals surface area contributed by atoms with E-state index in [1.165, 1.54) is 31.2 Å². The molecule has 0 bridgehead atoms. The molecule has 0 saturated carbocycles. The zero-order valence-corrected chi connectivity index (χ0v) is 14.9. The van der Waals surface area contributed by atoms with Gasteiger partial charge in [0.15, 0.2) is 6.10 Å². The molecule has 2 amide bonds. The van der Waals surface area contributed by atoms with Crippen molar-refractivity contribution in [1.82, 2.24) is 5.43 Å². The predicted octanol–water partition coefficient (Wildman–Crippen LogP) is 2.65. The lowest BCUT2D eigenvalue weighted by molar-refractivity contribution is -0.144. The number of rotatable bonds is 5. The average molecular weight is 387 g/mol. The van der Waals surface area contributed by atoms with E-state index in [9.17, 15) is 14.4 Å². The number of benzene rings is 2. The van der Waals surface area contributed by atoms with Crippen LogP contribution in [0.1, 0.15) is 12.5 Å². The smallest absolute Gasteiger partial charge is 0.344 e. The highest BCUT2D eigenvalue weighted by Crippen LogP contribution is 2.28. The molecule has 1 fully saturated rings. The summed E-state index contributed by atoms with van der Waals surface area (Å²) in [6, 6.07) is 13.2. The fourth-order valence-corrected chi connectivity index (χ4v) is 2.63. The first-order valence-electron chi connectivity index (χ1n) is 7.98. The standard InChI is InChI=1S/C19H15ClN2O5/c1-11(19(25)26)27-16-8-7-13(20)9-12(16)10-15-17(23)21-22(18(15)24)14-5-3-2-4-6-14/h2-11H,1H3,(H,21,23)(H,25,26)/b15-10-/t11-/m1/s1. The number of nitrogens with one attached hydrogen (secondary N) is 1. The van der Waals surface area contributed by atoms with Gasteiger partial charge in [-0.2, -0.15) is 0 Å². The number of carbonyl (C=O) groups is 3. The van der Waals surface area contributed by atoms with Crippen LogP contribution in [0, 0.1) is 0 Å². The SMILES string of the molecule is C[C@@H](Oc1ccc(Cl)cc1/C=C1/C(=O)NN(c2ccccc2)C1=O)C(=O)O. The topological polar surface area (TPSA) is 95.9 Å². The lowest BCUT2D eigenvalue weighted by Gasteiger charge is -2.14. The number of para-hydroxylation sites is 1. The Labute approximate surface area is 159 Å². The summed E-state index contributed by atoms with van der Waals surface area (Å²) in [6.07, 6.45) is 0.216. The van der Waals surface area contributed by atoms with Crippen molar-refractivity contribution < 1.29 is 24.2 Å². The fraction of sp³-hybridized carbons (Fsp3) is 0.105. The number of hydrogen-bond donors (Lipinski definition) is 2. The zero-order chi connectivity index (χ0) is 19.6. The number of amides is 2. The summed E-state index contributed by atoms with van der Waals surface area (Å²) in [6.45, 7) is 1.37. The number of carboxylic acid groups (broad SMARTS) is 1. The van der Waals surface area contributed by atoms with Crippen LogP contribution in [0.25, 0.3) is 6.08 Å². The van der Waals surface area contributed by atoms with Crippen molar-refractivity contribution in [2.24, 2.45) is 0 Å². The van der Waals surface area contributed by atoms with Crippen LogP contribution in [0.15, 0.2) is 54.1 Å². The molecular formula is C19H15ClN2O5. The molecule has 3 rings (SSSR count). The second kappa shape index (κ2) is 7.51. The van der Waals surface area contributed by atoms with Crippen molar-refractivity contribution in [3.63, 3.8) is 0 Å². The van der Waals surface area contributed by atoms with Gasteiger partial charge in [-0.05, 0) is 43.3 Å². The second-order valence-electron chi connectivity index (χ2n) is 5.76. The highest BCUT2D eigenvalue weighted by atomic mass is 35.5. The summed E-state index contributed by atoms with van der Waals surface area (Å²) in [4.78, 5) is 36.0. The third-order valence-electron chi connectivity index (χ3n) is 3.83. The van der Waals surface area contributed by atoms with Crippen LogP contribution in [0.2, 0.25) is 5.02 Å². The predicted molar refractivity (Wildman–Crippen MR) is 99.2 cm³/mol. The van der Waals surface area contributed by atoms with Crippen molar-refractivity contribution >= 4 is 41.1 Å². The number of carboxylic acids is 1. The van der Waals surface area contributed by atoms with Crippen molar-refractivity contribution in [2.45, 2.75) is 13.0 Å². The van der Waals surface area contributed by atoms with Gasteiger partial charge >= 0.3 is 5.97 Å². The van der Waals surface area contributed by atoms with Crippen LogP contribution in [-0.2, 0) is 14.4 Å². The van der Waals surface area contributed by atoms with Crippen LogP contribution in [0.5, 0.6) is 5.75 Å². The van der Waals surface area contributed by atoms with Crippen LogP contribution in [0.3, 0.4) is 0 Å². The lowest BCUT2D eigenvalue weighted by atomic mass is 10.1. The first kappa shape index (κ1) is 18.5. The quantitative estimate of drug-likeness (QED) is 0.608. The summed E-state index contributed by atoms with van der Waals surface area (Å²) in [5.74, 6) is -2.07. The molecule has 2 N–H and O–H groups in total. The van der Waals surface area contributed by atoms with Gasteiger partial charge in [-0.15, -0.1) is 0 Å². The van der Waals surface area contributed by atoms with Gasteiger partial charge in [0, 0.05) is 10.6 Å². The Bertz CT molecular complexity index is 942. The molecule has 1 aliphatic heterocycles. The van der Waals surface area contributed by atoms with Crippen molar-refractivity contribution in [1.29, 1.82) is 0 Å². The molecule has 0 aromatic heterocycles. The summed E-state index contributed by atoms with van der Waals surface area (Å²) < 4.78 is 5.39. The van der Waals surface area contributed by atoms with E-state index in [-0.39, 0.29) is 11.3 Å². The molecule has 7 nitrogen and oxygen atoms in total. The molecule has 1 atom stereocenters. The Morgan fingerprint density at radius 1 is 1.22 bits per heavy atom. The Kier molecular flexibility index (Phi) is 5.14. The first-order chi connectivity index (χ1) is 12.9. The number of anilines is 1. The van der Waals surface area contributed by atoms with E-state index >= 15 is 0 Å². The van der Waals surface area contributed by atoms with Crippen LogP contribution >= 0.6 is 11.6 Å². The third-order valence-corrected chi connectivity index (χ3v) is 4.06. The second-order valence-corrected chi connectivity index (χ2v) is 6.19. The maximum atomic E-state index is 12.7. The highest BCUT2D eigenvalue weighted by molar-refractivity contribution is 6.32. The van der Waals surface area contributed by atoms with E-state index in [1.807, 2.05) is 0 Å². The Morgan fingerprint density at radius 2 is 1.93 bits per heavy atom. The Balaban J connectivity index is 1.96. The van der Waals surface area contributed by atoms with Crippen molar-refractivity contribution in [3.05, 3.63) is 64.7 Å². The minimum atomic E-state index is -1.14. The normalized spacial score (nSPS) is 16.4. The maximum Gasteiger partial charge on any atom is 0.344 e. The van der Waals surface area contributed by atoms with Gasteiger partial charge in [0.25, 0.3) is 11.8 Å². The molecule has 2 aromatic carbocycles. The van der Waals surface area contributed by atoms with E-state index in [0.717, 1.165) is 5.01 Å². The van der Waals surface area contributed by atoms with Gasteiger partial charge < -0.3 is 9.84 Å². The largest absolute Gasteiger partial charge is 0.479 e. The number of nitrogens with zero attached hydrogens (tertiary/aromatic N) is 1. The van der Waals surface area contributed by atoms with E-state index < -0.39 is 23.9 Å². The highest BCUT2D eigenvalue weighted by Gasteiger charge is 2.34. The van der Waals surface area contributed by atoms with Crippen molar-refractivity contribution in [3.8, 4) is 5.75 Å². The number of ether oxygens (including phenoxy) is 1. The summed E-state index contributed by atoms with van der Waals surface area (Å²) in [5, 5.41) is 10.5. The third kappa shape index (κ3) is 3.93. The molecular weight excluding hydrogens is 372 g/mol. The average Bonchev–Trinajstić information content (AvgIpc) is 2.92. The minimum Gasteiger partial charge on any atom is -0.479 e.